The van der Waals surface area contributed by atoms with Gasteiger partial charge in [0.15, 0.2) is 0 Å². The number of nitrogens with zero attached hydrogens (tertiary/aromatic N) is 3. The van der Waals surface area contributed by atoms with Gasteiger partial charge in [-0.25, -0.2) is 4.68 Å². The normalized spacial score (nSPS) is 10.3. The van der Waals surface area contributed by atoms with Gasteiger partial charge in [0, 0.05) is 0 Å². The van der Waals surface area contributed by atoms with E-state index in [1.807, 2.05) is 42.5 Å². The molecule has 0 amide bonds. The van der Waals surface area contributed by atoms with E-state index in [0.717, 1.165) is 5.69 Å². The standard InChI is InChI=1S/C15H12N4OS/c16-14(21)12-8-4-5-9-13(12)20-15-17-10-19(18-15)11-6-2-1-3-7-11/h1-10H,(H2,16,21). The highest BCUT2D eigenvalue weighted by atomic mass is 32.1. The zero-order valence-electron chi connectivity index (χ0n) is 11.0. The Bertz CT molecular complexity index is 770. The minimum Gasteiger partial charge on any atom is -0.422 e. The first-order valence-corrected chi connectivity index (χ1v) is 6.68. The number of hydrogen-bond acceptors (Lipinski definition) is 4. The summed E-state index contributed by atoms with van der Waals surface area (Å²) < 4.78 is 7.30. The third-order valence-corrected chi connectivity index (χ3v) is 3.07. The van der Waals surface area contributed by atoms with Gasteiger partial charge in [0.2, 0.25) is 0 Å². The van der Waals surface area contributed by atoms with Gasteiger partial charge >= 0.3 is 6.01 Å². The van der Waals surface area contributed by atoms with Crippen LogP contribution in [-0.2, 0) is 0 Å². The van der Waals surface area contributed by atoms with Gasteiger partial charge in [-0.1, -0.05) is 42.5 Å². The topological polar surface area (TPSA) is 66.0 Å². The molecule has 0 saturated heterocycles. The number of para-hydroxylation sites is 2. The smallest absolute Gasteiger partial charge is 0.341 e. The summed E-state index contributed by atoms with van der Waals surface area (Å²) in [6.45, 7) is 0. The summed E-state index contributed by atoms with van der Waals surface area (Å²) in [7, 11) is 0. The van der Waals surface area contributed by atoms with Crippen molar-refractivity contribution in [2.75, 3.05) is 0 Å². The third kappa shape index (κ3) is 2.90. The van der Waals surface area contributed by atoms with Gasteiger partial charge in [0.05, 0.1) is 11.3 Å². The highest BCUT2D eigenvalue weighted by Gasteiger charge is 2.10. The van der Waals surface area contributed by atoms with Crippen molar-refractivity contribution in [1.82, 2.24) is 14.8 Å². The molecule has 0 aliphatic rings. The molecule has 2 N–H and O–H groups in total. The zero-order chi connectivity index (χ0) is 14.7. The van der Waals surface area contributed by atoms with Gasteiger partial charge in [-0.15, -0.1) is 5.10 Å². The van der Waals surface area contributed by atoms with E-state index in [0.29, 0.717) is 11.3 Å². The molecule has 0 aliphatic carbocycles. The summed E-state index contributed by atoms with van der Waals surface area (Å²) in [5.74, 6) is 0.538. The lowest BCUT2D eigenvalue weighted by atomic mass is 10.2. The van der Waals surface area contributed by atoms with Crippen LogP contribution in [0.25, 0.3) is 5.69 Å². The number of ether oxygens (including phenoxy) is 1. The molecule has 2 aromatic carbocycles. The summed E-state index contributed by atoms with van der Waals surface area (Å²) in [5.41, 5.74) is 7.23. The van der Waals surface area contributed by atoms with Crippen LogP contribution in [0.1, 0.15) is 5.56 Å². The second-order valence-corrected chi connectivity index (χ2v) is 4.71. The fourth-order valence-electron chi connectivity index (χ4n) is 1.86. The molecule has 0 saturated carbocycles. The quantitative estimate of drug-likeness (QED) is 0.750. The van der Waals surface area contributed by atoms with E-state index in [4.69, 9.17) is 22.7 Å². The van der Waals surface area contributed by atoms with E-state index in [1.54, 1.807) is 23.1 Å². The molecule has 21 heavy (non-hydrogen) atoms. The number of aromatic nitrogens is 3. The predicted octanol–water partition coefficient (Wildman–Crippen LogP) is 2.69. The zero-order valence-corrected chi connectivity index (χ0v) is 11.8. The predicted molar refractivity (Wildman–Crippen MR) is 83.8 cm³/mol. The van der Waals surface area contributed by atoms with Crippen molar-refractivity contribution in [3.8, 4) is 17.4 Å². The third-order valence-electron chi connectivity index (χ3n) is 2.85. The highest BCUT2D eigenvalue weighted by Crippen LogP contribution is 2.22. The van der Waals surface area contributed by atoms with Crippen LogP contribution >= 0.6 is 12.2 Å². The molecule has 0 radical (unpaired) electrons. The summed E-state index contributed by atoms with van der Waals surface area (Å²) in [6.07, 6.45) is 1.59. The van der Waals surface area contributed by atoms with Gasteiger partial charge in [-0.05, 0) is 24.3 Å². The Labute approximate surface area is 127 Å². The molecule has 104 valence electrons. The summed E-state index contributed by atoms with van der Waals surface area (Å²) >= 11 is 5.00. The highest BCUT2D eigenvalue weighted by molar-refractivity contribution is 7.80. The maximum Gasteiger partial charge on any atom is 0.341 e. The largest absolute Gasteiger partial charge is 0.422 e. The second kappa shape index (κ2) is 5.72. The Kier molecular flexibility index (Phi) is 3.61. The van der Waals surface area contributed by atoms with Crippen LogP contribution in [0.4, 0.5) is 0 Å². The van der Waals surface area contributed by atoms with E-state index >= 15 is 0 Å². The van der Waals surface area contributed by atoms with Crippen molar-refractivity contribution in [2.45, 2.75) is 0 Å². The number of hydrogen-bond donors (Lipinski definition) is 1. The maximum absolute atomic E-state index is 5.67. The van der Waals surface area contributed by atoms with Crippen LogP contribution in [0.2, 0.25) is 0 Å². The molecule has 0 aliphatic heterocycles. The van der Waals surface area contributed by atoms with Crippen LogP contribution < -0.4 is 10.5 Å². The summed E-state index contributed by atoms with van der Waals surface area (Å²) in [5, 5.41) is 4.28. The molecular weight excluding hydrogens is 284 g/mol. The average Bonchev–Trinajstić information content (AvgIpc) is 2.97. The molecule has 0 atom stereocenters. The Morgan fingerprint density at radius 2 is 1.76 bits per heavy atom. The lowest BCUT2D eigenvalue weighted by molar-refractivity contribution is 0.440. The van der Waals surface area contributed by atoms with Gasteiger partial charge in [0.1, 0.15) is 17.1 Å². The maximum atomic E-state index is 5.67. The fraction of sp³-hybridized carbons (Fsp3) is 0. The molecule has 1 heterocycles. The van der Waals surface area contributed by atoms with Crippen LogP contribution in [-0.4, -0.2) is 19.8 Å². The molecule has 3 rings (SSSR count). The van der Waals surface area contributed by atoms with E-state index in [1.165, 1.54) is 0 Å². The Morgan fingerprint density at radius 3 is 2.52 bits per heavy atom. The summed E-state index contributed by atoms with van der Waals surface area (Å²) in [6, 6.07) is 17.2. The lowest BCUT2D eigenvalue weighted by Gasteiger charge is -2.06. The number of nitrogens with two attached hydrogens (primary N) is 1. The van der Waals surface area contributed by atoms with Crippen molar-refractivity contribution in [3.63, 3.8) is 0 Å². The van der Waals surface area contributed by atoms with Crippen molar-refractivity contribution in [1.29, 1.82) is 0 Å². The van der Waals surface area contributed by atoms with Crippen molar-refractivity contribution >= 4 is 17.2 Å². The molecule has 6 heteroatoms. The molecule has 0 unspecified atom stereocenters. The second-order valence-electron chi connectivity index (χ2n) is 4.27. The molecular formula is C15H12N4OS. The first kappa shape index (κ1) is 13.3. The van der Waals surface area contributed by atoms with Gasteiger partial charge in [0.25, 0.3) is 0 Å². The van der Waals surface area contributed by atoms with Crippen LogP contribution in [0.5, 0.6) is 11.8 Å². The number of rotatable bonds is 4. The van der Waals surface area contributed by atoms with E-state index in [2.05, 4.69) is 10.1 Å². The molecule has 1 aromatic heterocycles. The number of thiocarbonyl (C=S) groups is 1. The van der Waals surface area contributed by atoms with E-state index in [-0.39, 0.29) is 11.0 Å². The van der Waals surface area contributed by atoms with E-state index < -0.39 is 0 Å². The first-order chi connectivity index (χ1) is 10.2. The Balaban J connectivity index is 1.87. The van der Waals surface area contributed by atoms with Crippen molar-refractivity contribution in [2.24, 2.45) is 5.73 Å². The Morgan fingerprint density at radius 1 is 1.05 bits per heavy atom. The van der Waals surface area contributed by atoms with Crippen LogP contribution in [0, 0.1) is 0 Å². The minimum absolute atomic E-state index is 0.238. The molecule has 0 bridgehead atoms. The average molecular weight is 296 g/mol. The SMILES string of the molecule is NC(=S)c1ccccc1Oc1ncn(-c2ccccc2)n1. The molecule has 0 spiro atoms. The molecule has 3 aromatic rings. The van der Waals surface area contributed by atoms with Gasteiger partial charge in [-0.3, -0.25) is 0 Å². The minimum atomic E-state index is 0.238. The van der Waals surface area contributed by atoms with E-state index in [9.17, 15) is 0 Å². The van der Waals surface area contributed by atoms with Crippen LogP contribution in [0.15, 0.2) is 60.9 Å². The van der Waals surface area contributed by atoms with Crippen LogP contribution in [0.3, 0.4) is 0 Å². The van der Waals surface area contributed by atoms with Gasteiger partial charge in [-0.2, -0.15) is 4.98 Å². The monoisotopic (exact) mass is 296 g/mol. The molecule has 5 nitrogen and oxygen atoms in total. The Hall–Kier alpha value is -2.73. The van der Waals surface area contributed by atoms with Crippen molar-refractivity contribution < 1.29 is 4.74 Å². The lowest BCUT2D eigenvalue weighted by Crippen LogP contribution is -2.10. The number of benzene rings is 2. The fourth-order valence-corrected chi connectivity index (χ4v) is 2.03. The first-order valence-electron chi connectivity index (χ1n) is 6.28. The van der Waals surface area contributed by atoms with Crippen molar-refractivity contribution in [3.05, 3.63) is 66.5 Å². The van der Waals surface area contributed by atoms with Gasteiger partial charge < -0.3 is 10.5 Å². The summed E-state index contributed by atoms with van der Waals surface area (Å²) in [4.78, 5) is 4.41. The molecule has 0 fully saturated rings.